The van der Waals surface area contributed by atoms with E-state index in [0.29, 0.717) is 30.7 Å². The Hall–Kier alpha value is -2.30. The lowest BCUT2D eigenvalue weighted by molar-refractivity contribution is 0.122. The second kappa shape index (κ2) is 10.1. The molecule has 3 aromatic rings. The van der Waals surface area contributed by atoms with E-state index in [2.05, 4.69) is 27.6 Å². The Bertz CT molecular complexity index is 1030. The van der Waals surface area contributed by atoms with Gasteiger partial charge in [-0.05, 0) is 19.1 Å². The number of fused-ring (bicyclic) bond motifs is 1. The molecule has 162 valence electrons. The molecule has 4 rings (SSSR count). The SMILES string of the molecule is CC.COc1ncc(-c2nc(N3CCOCC3)nc3cc(C)sc23)cc1NS(C)=O. The van der Waals surface area contributed by atoms with E-state index in [1.807, 2.05) is 19.9 Å². The molecule has 1 N–H and O–H groups in total. The van der Waals surface area contributed by atoms with Crippen molar-refractivity contribution in [1.82, 2.24) is 15.0 Å². The van der Waals surface area contributed by atoms with Gasteiger partial charge in [-0.15, -0.1) is 11.3 Å². The summed E-state index contributed by atoms with van der Waals surface area (Å²) in [5.41, 5.74) is 3.11. The molecule has 1 aliphatic heterocycles. The lowest BCUT2D eigenvalue weighted by Gasteiger charge is -2.27. The van der Waals surface area contributed by atoms with Crippen LogP contribution in [0, 0.1) is 6.92 Å². The van der Waals surface area contributed by atoms with Crippen molar-refractivity contribution in [2.24, 2.45) is 0 Å². The summed E-state index contributed by atoms with van der Waals surface area (Å²) in [7, 11) is 0.289. The first-order chi connectivity index (χ1) is 14.5. The van der Waals surface area contributed by atoms with Crippen molar-refractivity contribution >= 4 is 44.2 Å². The predicted molar refractivity (Wildman–Crippen MR) is 124 cm³/mol. The topological polar surface area (TPSA) is 89.5 Å². The van der Waals surface area contributed by atoms with Crippen LogP contribution >= 0.6 is 11.3 Å². The Kier molecular flexibility index (Phi) is 7.57. The molecule has 0 aliphatic carbocycles. The van der Waals surface area contributed by atoms with Crippen LogP contribution in [0.5, 0.6) is 5.88 Å². The number of thiophene rings is 1. The maximum Gasteiger partial charge on any atom is 0.238 e. The number of nitrogens with one attached hydrogen (secondary N) is 1. The average molecular weight is 450 g/mol. The fourth-order valence-electron chi connectivity index (χ4n) is 3.11. The minimum atomic E-state index is -1.25. The molecule has 1 aliphatic rings. The molecule has 8 nitrogen and oxygen atoms in total. The highest BCUT2D eigenvalue weighted by atomic mass is 32.2. The van der Waals surface area contributed by atoms with Crippen LogP contribution in [0.15, 0.2) is 18.3 Å². The van der Waals surface area contributed by atoms with Gasteiger partial charge in [0.1, 0.15) is 16.7 Å². The molecule has 0 amide bonds. The van der Waals surface area contributed by atoms with E-state index in [9.17, 15) is 4.21 Å². The zero-order valence-electron chi connectivity index (χ0n) is 17.9. The first-order valence-corrected chi connectivity index (χ1v) is 12.2. The van der Waals surface area contributed by atoms with Crippen LogP contribution in [0.2, 0.25) is 0 Å². The quantitative estimate of drug-likeness (QED) is 0.636. The Balaban J connectivity index is 0.00000124. The average Bonchev–Trinajstić information content (AvgIpc) is 3.14. The van der Waals surface area contributed by atoms with Gasteiger partial charge in [-0.3, -0.25) is 0 Å². The van der Waals surface area contributed by atoms with E-state index >= 15 is 0 Å². The predicted octanol–water partition coefficient (Wildman–Crippen LogP) is 3.64. The van der Waals surface area contributed by atoms with Gasteiger partial charge in [0.15, 0.2) is 0 Å². The highest BCUT2D eigenvalue weighted by Gasteiger charge is 2.20. The Morgan fingerprint density at radius 3 is 2.63 bits per heavy atom. The van der Waals surface area contributed by atoms with E-state index < -0.39 is 11.0 Å². The van der Waals surface area contributed by atoms with Crippen LogP contribution < -0.4 is 14.4 Å². The molecule has 1 atom stereocenters. The summed E-state index contributed by atoms with van der Waals surface area (Å²) in [6.45, 7) is 8.91. The molecule has 3 aromatic heterocycles. The van der Waals surface area contributed by atoms with E-state index in [1.165, 1.54) is 12.0 Å². The molecule has 4 heterocycles. The first-order valence-electron chi connectivity index (χ1n) is 9.80. The maximum atomic E-state index is 11.7. The van der Waals surface area contributed by atoms with Crippen molar-refractivity contribution in [1.29, 1.82) is 0 Å². The van der Waals surface area contributed by atoms with Crippen molar-refractivity contribution in [3.8, 4) is 17.1 Å². The van der Waals surface area contributed by atoms with Gasteiger partial charge in [0.05, 0.1) is 36.2 Å². The molecule has 0 spiro atoms. The first kappa shape index (κ1) is 22.4. The Labute approximate surface area is 183 Å². The van der Waals surface area contributed by atoms with Gasteiger partial charge in [-0.1, -0.05) is 13.8 Å². The summed E-state index contributed by atoms with van der Waals surface area (Å²) in [5.74, 6) is 1.08. The molecule has 0 radical (unpaired) electrons. The fraction of sp³-hybridized carbons (Fsp3) is 0.450. The minimum absolute atomic E-state index is 0.389. The third kappa shape index (κ3) is 4.88. The second-order valence-electron chi connectivity index (χ2n) is 6.38. The zero-order valence-corrected chi connectivity index (χ0v) is 19.5. The third-order valence-corrected chi connectivity index (χ3v) is 5.90. The van der Waals surface area contributed by atoms with E-state index in [1.54, 1.807) is 23.8 Å². The van der Waals surface area contributed by atoms with Crippen LogP contribution in [0.25, 0.3) is 21.5 Å². The molecule has 10 heteroatoms. The zero-order chi connectivity index (χ0) is 21.7. The molecule has 1 unspecified atom stereocenters. The van der Waals surface area contributed by atoms with Crippen LogP contribution in [0.1, 0.15) is 18.7 Å². The number of aryl methyl sites for hydroxylation is 1. The van der Waals surface area contributed by atoms with E-state index in [4.69, 9.17) is 19.4 Å². The summed E-state index contributed by atoms with van der Waals surface area (Å²) < 4.78 is 26.3. The van der Waals surface area contributed by atoms with Gasteiger partial charge in [0, 0.05) is 36.0 Å². The molecule has 0 saturated carbocycles. The largest absolute Gasteiger partial charge is 0.480 e. The number of anilines is 2. The van der Waals surface area contributed by atoms with Crippen molar-refractivity contribution in [3.63, 3.8) is 0 Å². The van der Waals surface area contributed by atoms with Crippen molar-refractivity contribution in [3.05, 3.63) is 23.2 Å². The third-order valence-electron chi connectivity index (χ3n) is 4.35. The fourth-order valence-corrected chi connectivity index (χ4v) is 4.53. The van der Waals surface area contributed by atoms with Crippen LogP contribution in [-0.4, -0.2) is 58.8 Å². The van der Waals surface area contributed by atoms with Crippen molar-refractivity contribution in [2.45, 2.75) is 20.8 Å². The number of morpholine rings is 1. The molecule has 1 saturated heterocycles. The monoisotopic (exact) mass is 449 g/mol. The summed E-state index contributed by atoms with van der Waals surface area (Å²) in [5, 5.41) is 0. The molecule has 30 heavy (non-hydrogen) atoms. The second-order valence-corrected chi connectivity index (χ2v) is 8.75. The molecular weight excluding hydrogens is 422 g/mol. The molecule has 1 fully saturated rings. The van der Waals surface area contributed by atoms with Gasteiger partial charge in [0.2, 0.25) is 11.8 Å². The number of aromatic nitrogens is 3. The molecular formula is C20H27N5O3S2. The van der Waals surface area contributed by atoms with Gasteiger partial charge < -0.3 is 19.1 Å². The summed E-state index contributed by atoms with van der Waals surface area (Å²) >= 11 is 1.65. The number of pyridine rings is 1. The minimum Gasteiger partial charge on any atom is -0.480 e. The smallest absolute Gasteiger partial charge is 0.238 e. The number of hydrogen-bond acceptors (Lipinski definition) is 8. The Morgan fingerprint density at radius 2 is 1.97 bits per heavy atom. The van der Waals surface area contributed by atoms with Crippen LogP contribution in [0.3, 0.4) is 0 Å². The van der Waals surface area contributed by atoms with Crippen molar-refractivity contribution < 1.29 is 13.7 Å². The standard InChI is InChI=1S/C18H21N5O3S2.C2H6/c1-11-8-13-16(27-11)15(21-18(20-13)23-4-6-26-7-5-23)12-9-14(22-28(3)24)17(25-2)19-10-12;1-2/h8-10,22H,4-7H2,1-3H3;1-2H3. The number of ether oxygens (including phenoxy) is 2. The molecule has 0 bridgehead atoms. The van der Waals surface area contributed by atoms with Gasteiger partial charge in [-0.25, -0.2) is 19.2 Å². The number of nitrogens with zero attached hydrogens (tertiary/aromatic N) is 4. The highest BCUT2D eigenvalue weighted by molar-refractivity contribution is 7.85. The van der Waals surface area contributed by atoms with E-state index in [-0.39, 0.29) is 0 Å². The number of hydrogen-bond donors (Lipinski definition) is 1. The van der Waals surface area contributed by atoms with E-state index in [0.717, 1.165) is 34.6 Å². The van der Waals surface area contributed by atoms with Crippen LogP contribution in [0.4, 0.5) is 11.6 Å². The summed E-state index contributed by atoms with van der Waals surface area (Å²) in [6, 6.07) is 3.94. The lowest BCUT2D eigenvalue weighted by Crippen LogP contribution is -2.37. The van der Waals surface area contributed by atoms with Gasteiger partial charge in [0.25, 0.3) is 0 Å². The molecule has 0 aromatic carbocycles. The summed E-state index contributed by atoms with van der Waals surface area (Å²) in [4.78, 5) is 17.3. The van der Waals surface area contributed by atoms with Crippen molar-refractivity contribution in [2.75, 3.05) is 49.3 Å². The maximum absolute atomic E-state index is 11.7. The van der Waals surface area contributed by atoms with Crippen LogP contribution in [-0.2, 0) is 15.7 Å². The lowest BCUT2D eigenvalue weighted by atomic mass is 10.2. The number of rotatable bonds is 5. The normalized spacial score (nSPS) is 14.8. The van der Waals surface area contributed by atoms with Gasteiger partial charge >= 0.3 is 0 Å². The van der Waals surface area contributed by atoms with Gasteiger partial charge in [-0.2, -0.15) is 0 Å². The highest BCUT2D eigenvalue weighted by Crippen LogP contribution is 2.36. The summed E-state index contributed by atoms with van der Waals surface area (Å²) in [6.07, 6.45) is 3.29. The Morgan fingerprint density at radius 1 is 1.23 bits per heavy atom. The number of methoxy groups -OCH3 is 1.